The standard InChI is InChI=1S/C16H14Cl2F3N3O/c1-15(2,8-24-14(25)10-4-3-5-22-13(10)18)12-11(17)6-9(7-23-12)16(19,20)21/h3-7H,8H2,1-2H3,(H,24,25). The molecule has 25 heavy (non-hydrogen) atoms. The molecule has 0 aliphatic heterocycles. The monoisotopic (exact) mass is 391 g/mol. The average molecular weight is 392 g/mol. The summed E-state index contributed by atoms with van der Waals surface area (Å²) in [5, 5.41) is 2.61. The van der Waals surface area contributed by atoms with Gasteiger partial charge in [0.05, 0.1) is 21.8 Å². The van der Waals surface area contributed by atoms with Gasteiger partial charge in [0.25, 0.3) is 5.91 Å². The van der Waals surface area contributed by atoms with Crippen molar-refractivity contribution in [2.24, 2.45) is 0 Å². The van der Waals surface area contributed by atoms with Gasteiger partial charge in [0.15, 0.2) is 0 Å². The van der Waals surface area contributed by atoms with Gasteiger partial charge in [-0.2, -0.15) is 13.2 Å². The van der Waals surface area contributed by atoms with Gasteiger partial charge in [-0.3, -0.25) is 9.78 Å². The molecule has 1 amide bonds. The number of pyridine rings is 2. The number of nitrogens with zero attached hydrogens (tertiary/aromatic N) is 2. The zero-order valence-corrected chi connectivity index (χ0v) is 14.8. The van der Waals surface area contributed by atoms with Crippen molar-refractivity contribution in [1.29, 1.82) is 0 Å². The summed E-state index contributed by atoms with van der Waals surface area (Å²) in [7, 11) is 0. The van der Waals surface area contributed by atoms with Crippen molar-refractivity contribution in [3.05, 3.63) is 57.6 Å². The Morgan fingerprint density at radius 1 is 1.24 bits per heavy atom. The lowest BCUT2D eigenvalue weighted by Crippen LogP contribution is -2.37. The number of carbonyl (C=O) groups excluding carboxylic acids is 1. The van der Waals surface area contributed by atoms with E-state index in [0.29, 0.717) is 0 Å². The number of rotatable bonds is 4. The van der Waals surface area contributed by atoms with Crippen molar-refractivity contribution in [3.63, 3.8) is 0 Å². The van der Waals surface area contributed by atoms with Crippen molar-refractivity contribution in [2.75, 3.05) is 6.54 Å². The zero-order chi connectivity index (χ0) is 18.8. The fourth-order valence-corrected chi connectivity index (χ4v) is 2.75. The smallest absolute Gasteiger partial charge is 0.351 e. The second-order valence-corrected chi connectivity index (χ2v) is 6.73. The summed E-state index contributed by atoms with van der Waals surface area (Å²) in [6, 6.07) is 3.91. The van der Waals surface area contributed by atoms with Gasteiger partial charge in [0, 0.05) is 24.4 Å². The molecular weight excluding hydrogens is 378 g/mol. The second-order valence-electron chi connectivity index (χ2n) is 5.96. The Kier molecular flexibility index (Phi) is 5.58. The number of aromatic nitrogens is 2. The summed E-state index contributed by atoms with van der Waals surface area (Å²) in [4.78, 5) is 19.8. The topological polar surface area (TPSA) is 54.9 Å². The van der Waals surface area contributed by atoms with E-state index >= 15 is 0 Å². The molecule has 0 atom stereocenters. The molecule has 134 valence electrons. The first kappa shape index (κ1) is 19.5. The predicted octanol–water partition coefficient (Wildman–Crippen LogP) is 4.51. The van der Waals surface area contributed by atoms with E-state index in [1.807, 2.05) is 0 Å². The van der Waals surface area contributed by atoms with Crippen molar-refractivity contribution >= 4 is 29.1 Å². The van der Waals surface area contributed by atoms with Gasteiger partial charge < -0.3 is 5.32 Å². The highest BCUT2D eigenvalue weighted by molar-refractivity contribution is 6.32. The molecule has 0 unspecified atom stereocenters. The highest BCUT2D eigenvalue weighted by Crippen LogP contribution is 2.34. The number of amides is 1. The van der Waals surface area contributed by atoms with Crippen LogP contribution in [0, 0.1) is 0 Å². The van der Waals surface area contributed by atoms with Crippen LogP contribution in [0.4, 0.5) is 13.2 Å². The molecule has 0 aliphatic carbocycles. The van der Waals surface area contributed by atoms with Gasteiger partial charge in [-0.15, -0.1) is 0 Å². The van der Waals surface area contributed by atoms with Gasteiger partial charge in [0.1, 0.15) is 5.15 Å². The van der Waals surface area contributed by atoms with Crippen LogP contribution in [-0.4, -0.2) is 22.4 Å². The van der Waals surface area contributed by atoms with Crippen molar-refractivity contribution in [1.82, 2.24) is 15.3 Å². The van der Waals surface area contributed by atoms with Crippen LogP contribution in [0.2, 0.25) is 10.2 Å². The van der Waals surface area contributed by atoms with Gasteiger partial charge in [0.2, 0.25) is 0 Å². The molecule has 0 bridgehead atoms. The van der Waals surface area contributed by atoms with Gasteiger partial charge in [-0.25, -0.2) is 4.98 Å². The summed E-state index contributed by atoms with van der Waals surface area (Å²) in [6.45, 7) is 3.51. The number of hydrogen-bond donors (Lipinski definition) is 1. The predicted molar refractivity (Wildman–Crippen MR) is 88.9 cm³/mol. The van der Waals surface area contributed by atoms with E-state index in [4.69, 9.17) is 23.2 Å². The molecule has 4 nitrogen and oxygen atoms in total. The quantitative estimate of drug-likeness (QED) is 0.780. The van der Waals surface area contributed by atoms with Crippen molar-refractivity contribution in [3.8, 4) is 0 Å². The Labute approximate surface area is 152 Å². The molecule has 9 heteroatoms. The Morgan fingerprint density at radius 3 is 2.48 bits per heavy atom. The van der Waals surface area contributed by atoms with E-state index in [9.17, 15) is 18.0 Å². The van der Waals surface area contributed by atoms with Crippen LogP contribution >= 0.6 is 23.2 Å². The molecule has 0 aromatic carbocycles. The SMILES string of the molecule is CC(C)(CNC(=O)c1cccnc1Cl)c1ncc(C(F)(F)F)cc1Cl. The van der Waals surface area contributed by atoms with E-state index in [2.05, 4.69) is 15.3 Å². The van der Waals surface area contributed by atoms with Crippen LogP contribution in [-0.2, 0) is 11.6 Å². The number of halogens is 5. The average Bonchev–Trinajstić information content (AvgIpc) is 2.52. The van der Waals surface area contributed by atoms with Crippen LogP contribution in [0.15, 0.2) is 30.6 Å². The van der Waals surface area contributed by atoms with Crippen LogP contribution in [0.5, 0.6) is 0 Å². The fraction of sp³-hybridized carbons (Fsp3) is 0.312. The molecule has 0 spiro atoms. The molecular formula is C16H14Cl2F3N3O. The maximum Gasteiger partial charge on any atom is 0.417 e. The lowest BCUT2D eigenvalue weighted by Gasteiger charge is -2.26. The molecule has 0 fully saturated rings. The first-order valence-corrected chi connectivity index (χ1v) is 7.90. The summed E-state index contributed by atoms with van der Waals surface area (Å²) in [6.07, 6.45) is -2.34. The Bertz CT molecular complexity index is 794. The Morgan fingerprint density at radius 2 is 1.92 bits per heavy atom. The third-order valence-electron chi connectivity index (χ3n) is 3.50. The molecule has 2 aromatic heterocycles. The Balaban J connectivity index is 2.16. The molecule has 1 N–H and O–H groups in total. The highest BCUT2D eigenvalue weighted by Gasteiger charge is 2.33. The highest BCUT2D eigenvalue weighted by atomic mass is 35.5. The summed E-state index contributed by atoms with van der Waals surface area (Å²) >= 11 is 11.8. The number of nitrogens with one attached hydrogen (secondary N) is 1. The molecule has 0 aliphatic rings. The third kappa shape index (κ3) is 4.61. The first-order valence-electron chi connectivity index (χ1n) is 7.14. The Hall–Kier alpha value is -1.86. The lowest BCUT2D eigenvalue weighted by molar-refractivity contribution is -0.137. The van der Waals surface area contributed by atoms with E-state index in [1.54, 1.807) is 19.9 Å². The van der Waals surface area contributed by atoms with E-state index in [-0.39, 0.29) is 28.0 Å². The minimum absolute atomic E-state index is 0.0588. The maximum atomic E-state index is 12.7. The molecule has 0 saturated carbocycles. The molecule has 0 saturated heterocycles. The molecule has 2 rings (SSSR count). The lowest BCUT2D eigenvalue weighted by atomic mass is 9.88. The molecule has 0 radical (unpaired) electrons. The van der Waals surface area contributed by atoms with Crippen LogP contribution in [0.1, 0.15) is 35.5 Å². The number of carbonyl (C=O) groups is 1. The van der Waals surface area contributed by atoms with Crippen molar-refractivity contribution < 1.29 is 18.0 Å². The first-order chi connectivity index (χ1) is 11.5. The largest absolute Gasteiger partial charge is 0.417 e. The minimum atomic E-state index is -4.52. The minimum Gasteiger partial charge on any atom is -0.351 e. The van der Waals surface area contributed by atoms with Gasteiger partial charge in [-0.1, -0.05) is 37.0 Å². The van der Waals surface area contributed by atoms with E-state index in [1.165, 1.54) is 12.3 Å². The second kappa shape index (κ2) is 7.17. The number of alkyl halides is 3. The summed E-state index contributed by atoms with van der Waals surface area (Å²) < 4.78 is 38.1. The van der Waals surface area contributed by atoms with Crippen LogP contribution < -0.4 is 5.32 Å². The maximum absolute atomic E-state index is 12.7. The summed E-state index contributed by atoms with van der Waals surface area (Å²) in [5.74, 6) is -0.450. The van der Waals surface area contributed by atoms with Crippen LogP contribution in [0.25, 0.3) is 0 Å². The summed E-state index contributed by atoms with van der Waals surface area (Å²) in [5.41, 5.74) is -1.28. The van der Waals surface area contributed by atoms with Gasteiger partial charge in [-0.05, 0) is 18.2 Å². The fourth-order valence-electron chi connectivity index (χ4n) is 2.13. The molecule has 2 heterocycles. The van der Waals surface area contributed by atoms with Crippen LogP contribution in [0.3, 0.4) is 0 Å². The molecule has 2 aromatic rings. The van der Waals surface area contributed by atoms with Gasteiger partial charge >= 0.3 is 6.18 Å². The van der Waals surface area contributed by atoms with E-state index in [0.717, 1.165) is 12.3 Å². The number of hydrogen-bond acceptors (Lipinski definition) is 3. The zero-order valence-electron chi connectivity index (χ0n) is 13.3. The van der Waals surface area contributed by atoms with Crippen molar-refractivity contribution in [2.45, 2.75) is 25.4 Å². The normalized spacial score (nSPS) is 12.1. The van der Waals surface area contributed by atoms with E-state index < -0.39 is 23.1 Å². The third-order valence-corrected chi connectivity index (χ3v) is 4.09.